The fourth-order valence-corrected chi connectivity index (χ4v) is 1.42. The highest BCUT2D eigenvalue weighted by Gasteiger charge is 2.11. The van der Waals surface area contributed by atoms with Gasteiger partial charge in [0.05, 0.1) is 5.56 Å². The van der Waals surface area contributed by atoms with E-state index in [0.717, 1.165) is 18.7 Å². The minimum absolute atomic E-state index is 0.229. The molecule has 0 saturated heterocycles. The van der Waals surface area contributed by atoms with E-state index in [-0.39, 0.29) is 11.6 Å². The number of aromatic carboxylic acids is 1. The predicted octanol–water partition coefficient (Wildman–Crippen LogP) is 1.46. The van der Waals surface area contributed by atoms with Gasteiger partial charge in [-0.3, -0.25) is 4.79 Å². The van der Waals surface area contributed by atoms with Crippen molar-refractivity contribution < 1.29 is 19.1 Å². The molecule has 0 unspecified atom stereocenters. The van der Waals surface area contributed by atoms with Crippen molar-refractivity contribution in [2.75, 3.05) is 18.9 Å². The van der Waals surface area contributed by atoms with Crippen molar-refractivity contribution in [2.24, 2.45) is 0 Å². The Balaban J connectivity index is 2.65. The molecule has 0 fully saturated rings. The summed E-state index contributed by atoms with van der Waals surface area (Å²) in [5.74, 6) is -2.41. The lowest BCUT2D eigenvalue weighted by molar-refractivity contribution is -0.116. The van der Waals surface area contributed by atoms with E-state index in [1.165, 1.54) is 6.07 Å². The molecule has 0 aliphatic carbocycles. The van der Waals surface area contributed by atoms with E-state index < -0.39 is 17.3 Å². The van der Waals surface area contributed by atoms with Gasteiger partial charge >= 0.3 is 5.97 Å². The molecule has 1 aromatic rings. The van der Waals surface area contributed by atoms with Gasteiger partial charge < -0.3 is 15.7 Å². The lowest BCUT2D eigenvalue weighted by Gasteiger charge is -2.06. The van der Waals surface area contributed by atoms with Gasteiger partial charge in [-0.25, -0.2) is 9.18 Å². The highest BCUT2D eigenvalue weighted by molar-refractivity contribution is 5.94. The minimum atomic E-state index is -1.36. The van der Waals surface area contributed by atoms with Gasteiger partial charge in [-0.05, 0) is 38.2 Å². The number of amides is 1. The van der Waals surface area contributed by atoms with Crippen LogP contribution in [-0.4, -0.2) is 30.6 Å². The Labute approximate surface area is 104 Å². The molecule has 1 aromatic carbocycles. The van der Waals surface area contributed by atoms with Crippen LogP contribution in [0.25, 0.3) is 0 Å². The topological polar surface area (TPSA) is 78.4 Å². The van der Waals surface area contributed by atoms with E-state index in [2.05, 4.69) is 10.6 Å². The summed E-state index contributed by atoms with van der Waals surface area (Å²) < 4.78 is 13.1. The Kier molecular flexibility index (Phi) is 5.26. The molecule has 5 nitrogen and oxygen atoms in total. The van der Waals surface area contributed by atoms with Gasteiger partial charge in [0.15, 0.2) is 0 Å². The zero-order valence-corrected chi connectivity index (χ0v) is 10.00. The van der Waals surface area contributed by atoms with Crippen LogP contribution in [0.1, 0.15) is 23.2 Å². The van der Waals surface area contributed by atoms with Crippen LogP contribution in [0.5, 0.6) is 0 Å². The number of nitrogens with one attached hydrogen (secondary N) is 2. The fraction of sp³-hybridized carbons (Fsp3) is 0.333. The van der Waals surface area contributed by atoms with Gasteiger partial charge in [0.2, 0.25) is 5.91 Å². The Hall–Kier alpha value is -1.95. The van der Waals surface area contributed by atoms with Crippen molar-refractivity contribution in [1.29, 1.82) is 0 Å². The summed E-state index contributed by atoms with van der Waals surface area (Å²) in [6, 6.07) is 3.46. The maximum absolute atomic E-state index is 13.1. The maximum atomic E-state index is 13.1. The SMILES string of the molecule is CNCCCC(=O)Nc1ccc(F)c(C(=O)O)c1. The number of carbonyl (C=O) groups excluding carboxylic acids is 1. The van der Waals surface area contributed by atoms with Crippen molar-refractivity contribution in [3.05, 3.63) is 29.6 Å². The Morgan fingerprint density at radius 3 is 2.72 bits per heavy atom. The molecular weight excluding hydrogens is 239 g/mol. The van der Waals surface area contributed by atoms with Crippen LogP contribution in [0.3, 0.4) is 0 Å². The zero-order chi connectivity index (χ0) is 13.5. The van der Waals surface area contributed by atoms with Gasteiger partial charge in [-0.2, -0.15) is 0 Å². The van der Waals surface area contributed by atoms with E-state index >= 15 is 0 Å². The largest absolute Gasteiger partial charge is 0.478 e. The smallest absolute Gasteiger partial charge is 0.338 e. The van der Waals surface area contributed by atoms with Gasteiger partial charge in [0.1, 0.15) is 5.82 Å². The molecule has 3 N–H and O–H groups in total. The molecule has 6 heteroatoms. The molecule has 0 spiro atoms. The number of halogens is 1. The van der Waals surface area contributed by atoms with Gasteiger partial charge in [0, 0.05) is 12.1 Å². The molecule has 0 saturated carbocycles. The van der Waals surface area contributed by atoms with Crippen LogP contribution >= 0.6 is 0 Å². The maximum Gasteiger partial charge on any atom is 0.338 e. The third-order valence-corrected chi connectivity index (χ3v) is 2.31. The Morgan fingerprint density at radius 2 is 2.11 bits per heavy atom. The molecule has 1 rings (SSSR count). The number of hydrogen-bond acceptors (Lipinski definition) is 3. The quantitative estimate of drug-likeness (QED) is 0.672. The normalized spacial score (nSPS) is 10.1. The average Bonchev–Trinajstić information content (AvgIpc) is 2.31. The van der Waals surface area contributed by atoms with E-state index in [1.807, 2.05) is 0 Å². The second-order valence-corrected chi connectivity index (χ2v) is 3.76. The average molecular weight is 254 g/mol. The first-order valence-corrected chi connectivity index (χ1v) is 5.52. The van der Waals surface area contributed by atoms with E-state index in [0.29, 0.717) is 12.8 Å². The Morgan fingerprint density at radius 1 is 1.39 bits per heavy atom. The molecule has 98 valence electrons. The third-order valence-electron chi connectivity index (χ3n) is 2.31. The number of carbonyl (C=O) groups is 2. The molecular formula is C12H15FN2O3. The second-order valence-electron chi connectivity index (χ2n) is 3.76. The zero-order valence-electron chi connectivity index (χ0n) is 10.00. The molecule has 0 atom stereocenters. The van der Waals surface area contributed by atoms with Crippen molar-refractivity contribution >= 4 is 17.6 Å². The summed E-state index contributed by atoms with van der Waals surface area (Å²) in [5, 5.41) is 14.2. The molecule has 0 bridgehead atoms. The van der Waals surface area contributed by atoms with Gasteiger partial charge in [-0.15, -0.1) is 0 Å². The number of benzene rings is 1. The summed E-state index contributed by atoms with van der Waals surface area (Å²) in [4.78, 5) is 22.2. The first-order valence-electron chi connectivity index (χ1n) is 5.52. The summed E-state index contributed by atoms with van der Waals surface area (Å²) in [7, 11) is 1.79. The lowest BCUT2D eigenvalue weighted by atomic mass is 10.2. The highest BCUT2D eigenvalue weighted by Crippen LogP contribution is 2.15. The minimum Gasteiger partial charge on any atom is -0.478 e. The molecule has 18 heavy (non-hydrogen) atoms. The van der Waals surface area contributed by atoms with Crippen LogP contribution in [0.4, 0.5) is 10.1 Å². The molecule has 0 aliphatic rings. The van der Waals surface area contributed by atoms with Crippen molar-refractivity contribution in [2.45, 2.75) is 12.8 Å². The first-order chi connectivity index (χ1) is 8.54. The predicted molar refractivity (Wildman–Crippen MR) is 65.1 cm³/mol. The highest BCUT2D eigenvalue weighted by atomic mass is 19.1. The monoisotopic (exact) mass is 254 g/mol. The summed E-state index contributed by atoms with van der Waals surface area (Å²) in [5.41, 5.74) is -0.175. The van der Waals surface area contributed by atoms with Crippen molar-refractivity contribution in [3.63, 3.8) is 0 Å². The molecule has 0 aromatic heterocycles. The van der Waals surface area contributed by atoms with E-state index in [9.17, 15) is 14.0 Å². The number of carboxylic acid groups (broad SMARTS) is 1. The van der Waals surface area contributed by atoms with E-state index in [4.69, 9.17) is 5.11 Å². The molecule has 0 aliphatic heterocycles. The lowest BCUT2D eigenvalue weighted by Crippen LogP contribution is -2.15. The van der Waals surface area contributed by atoms with Crippen molar-refractivity contribution in [1.82, 2.24) is 5.32 Å². The standard InChI is InChI=1S/C12H15FN2O3/c1-14-6-2-3-11(16)15-8-4-5-10(13)9(7-8)12(17)18/h4-5,7,14H,2-3,6H2,1H3,(H,15,16)(H,17,18). The van der Waals surface area contributed by atoms with Gasteiger partial charge in [-0.1, -0.05) is 0 Å². The van der Waals surface area contributed by atoms with Crippen LogP contribution in [0.15, 0.2) is 18.2 Å². The first kappa shape index (κ1) is 14.1. The van der Waals surface area contributed by atoms with Crippen LogP contribution in [0, 0.1) is 5.82 Å². The molecule has 0 radical (unpaired) electrons. The number of anilines is 1. The summed E-state index contributed by atoms with van der Waals surface area (Å²) >= 11 is 0. The van der Waals surface area contributed by atoms with Crippen LogP contribution < -0.4 is 10.6 Å². The molecule has 0 heterocycles. The van der Waals surface area contributed by atoms with Gasteiger partial charge in [0.25, 0.3) is 0 Å². The van der Waals surface area contributed by atoms with E-state index in [1.54, 1.807) is 7.05 Å². The summed E-state index contributed by atoms with van der Waals surface area (Å²) in [6.07, 6.45) is 0.996. The Bertz CT molecular complexity index is 449. The van der Waals surface area contributed by atoms with Crippen LogP contribution in [0.2, 0.25) is 0 Å². The second kappa shape index (κ2) is 6.70. The van der Waals surface area contributed by atoms with Crippen molar-refractivity contribution in [3.8, 4) is 0 Å². The number of rotatable bonds is 6. The molecule has 1 amide bonds. The number of carboxylic acids is 1. The fourth-order valence-electron chi connectivity index (χ4n) is 1.42. The third kappa shape index (κ3) is 4.14. The van der Waals surface area contributed by atoms with Crippen LogP contribution in [-0.2, 0) is 4.79 Å². The number of hydrogen-bond donors (Lipinski definition) is 3. The summed E-state index contributed by atoms with van der Waals surface area (Å²) in [6.45, 7) is 0.719.